The summed E-state index contributed by atoms with van der Waals surface area (Å²) in [7, 11) is -3.15. The zero-order chi connectivity index (χ0) is 23.9. The second kappa shape index (κ2) is 9.09. The molecule has 5 rings (SSSR count). The number of nitrogens with one attached hydrogen (secondary N) is 1. The average molecular weight is 485 g/mol. The van der Waals surface area contributed by atoms with Crippen LogP contribution in [-0.2, 0) is 9.84 Å². The zero-order valence-electron chi connectivity index (χ0n) is 19.3. The number of aromatic nitrogens is 3. The van der Waals surface area contributed by atoms with Gasteiger partial charge < -0.3 is 5.32 Å². The van der Waals surface area contributed by atoms with Crippen LogP contribution in [0.15, 0.2) is 30.3 Å². The number of benzene rings is 1. The van der Waals surface area contributed by atoms with Crippen LogP contribution in [0.4, 0.5) is 4.39 Å². The molecular formula is C25H29FN4O3S. The molecule has 1 atom stereocenters. The number of fused-ring (bicyclic) bond motifs is 1. The minimum absolute atomic E-state index is 0.0154. The summed E-state index contributed by atoms with van der Waals surface area (Å²) in [6.45, 7) is 1.80. The molecule has 1 aromatic carbocycles. The predicted octanol–water partition coefficient (Wildman–Crippen LogP) is 4.36. The highest BCUT2D eigenvalue weighted by molar-refractivity contribution is 7.91. The van der Waals surface area contributed by atoms with Gasteiger partial charge in [-0.2, -0.15) is 5.10 Å². The van der Waals surface area contributed by atoms with Crippen LogP contribution in [0.3, 0.4) is 0 Å². The molecule has 180 valence electrons. The van der Waals surface area contributed by atoms with Gasteiger partial charge in [0, 0.05) is 11.6 Å². The van der Waals surface area contributed by atoms with E-state index in [1.807, 2.05) is 0 Å². The van der Waals surface area contributed by atoms with E-state index in [-0.39, 0.29) is 35.1 Å². The van der Waals surface area contributed by atoms with Gasteiger partial charge in [0.05, 0.1) is 39.9 Å². The molecular weight excluding hydrogens is 455 g/mol. The Hall–Kier alpha value is -2.81. The molecule has 34 heavy (non-hydrogen) atoms. The minimum Gasteiger partial charge on any atom is -0.349 e. The summed E-state index contributed by atoms with van der Waals surface area (Å²) in [6, 6.07) is 7.70. The molecule has 9 heteroatoms. The van der Waals surface area contributed by atoms with E-state index in [1.165, 1.54) is 18.9 Å². The van der Waals surface area contributed by atoms with Crippen molar-refractivity contribution in [2.45, 2.75) is 64.0 Å². The maximum atomic E-state index is 14.7. The van der Waals surface area contributed by atoms with Crippen molar-refractivity contribution in [1.29, 1.82) is 0 Å². The van der Waals surface area contributed by atoms with E-state index in [9.17, 15) is 17.6 Å². The van der Waals surface area contributed by atoms with E-state index in [0.29, 0.717) is 34.4 Å². The maximum Gasteiger partial charge on any atom is 0.252 e. The summed E-state index contributed by atoms with van der Waals surface area (Å²) < 4.78 is 40.6. The monoisotopic (exact) mass is 484 g/mol. The second-order valence-electron chi connectivity index (χ2n) is 9.48. The highest BCUT2D eigenvalue weighted by Gasteiger charge is 2.33. The van der Waals surface area contributed by atoms with Crippen LogP contribution in [0, 0.1) is 12.7 Å². The molecule has 1 saturated heterocycles. The number of amides is 1. The van der Waals surface area contributed by atoms with Gasteiger partial charge in [-0.3, -0.25) is 4.79 Å². The molecule has 1 unspecified atom stereocenters. The largest absolute Gasteiger partial charge is 0.349 e. The van der Waals surface area contributed by atoms with Crippen molar-refractivity contribution < 1.29 is 17.6 Å². The van der Waals surface area contributed by atoms with Crippen LogP contribution in [-0.4, -0.2) is 46.6 Å². The van der Waals surface area contributed by atoms with E-state index in [4.69, 9.17) is 4.98 Å². The molecule has 0 spiro atoms. The maximum absolute atomic E-state index is 14.7. The smallest absolute Gasteiger partial charge is 0.252 e. The molecule has 2 aliphatic rings. The second-order valence-corrected chi connectivity index (χ2v) is 11.7. The van der Waals surface area contributed by atoms with Gasteiger partial charge in [0.15, 0.2) is 15.5 Å². The van der Waals surface area contributed by atoms with Crippen molar-refractivity contribution in [3.8, 4) is 11.3 Å². The van der Waals surface area contributed by atoms with Crippen LogP contribution in [0.1, 0.15) is 67.0 Å². The first-order valence-corrected chi connectivity index (χ1v) is 13.8. The van der Waals surface area contributed by atoms with E-state index >= 15 is 0 Å². The summed E-state index contributed by atoms with van der Waals surface area (Å²) in [5.41, 5.74) is 2.05. The molecule has 7 nitrogen and oxygen atoms in total. The first-order valence-electron chi connectivity index (χ1n) is 12.0. The summed E-state index contributed by atoms with van der Waals surface area (Å²) in [5, 5.41) is 8.39. The van der Waals surface area contributed by atoms with Gasteiger partial charge in [-0.15, -0.1) is 0 Å². The lowest BCUT2D eigenvalue weighted by Crippen LogP contribution is -2.34. The average Bonchev–Trinajstić information content (AvgIpc) is 3.21. The Labute approximate surface area is 198 Å². The third kappa shape index (κ3) is 4.45. The number of hydrogen-bond donors (Lipinski definition) is 1. The third-order valence-electron chi connectivity index (χ3n) is 6.98. The van der Waals surface area contributed by atoms with Crippen molar-refractivity contribution in [1.82, 2.24) is 20.1 Å². The van der Waals surface area contributed by atoms with Crippen molar-refractivity contribution in [2.24, 2.45) is 0 Å². The van der Waals surface area contributed by atoms with E-state index in [0.717, 1.165) is 25.7 Å². The molecule has 1 aliphatic carbocycles. The number of nitrogens with zero attached hydrogens (tertiary/aromatic N) is 3. The van der Waals surface area contributed by atoms with Crippen LogP contribution in [0.25, 0.3) is 22.3 Å². The number of hydrogen-bond acceptors (Lipinski definition) is 5. The molecule has 3 heterocycles. The normalized spacial score (nSPS) is 20.9. The molecule has 1 saturated carbocycles. The Morgan fingerprint density at radius 1 is 1.12 bits per heavy atom. The molecule has 0 radical (unpaired) electrons. The number of carbonyl (C=O) groups excluding carboxylic acids is 1. The highest BCUT2D eigenvalue weighted by atomic mass is 32.2. The molecule has 2 fully saturated rings. The predicted molar refractivity (Wildman–Crippen MR) is 129 cm³/mol. The molecule has 0 bridgehead atoms. The van der Waals surface area contributed by atoms with Crippen LogP contribution >= 0.6 is 0 Å². The van der Waals surface area contributed by atoms with Crippen molar-refractivity contribution in [3.05, 3.63) is 47.4 Å². The van der Waals surface area contributed by atoms with Gasteiger partial charge in [-0.25, -0.2) is 22.5 Å². The first-order chi connectivity index (χ1) is 16.3. The Morgan fingerprint density at radius 3 is 2.53 bits per heavy atom. The number of pyridine rings is 1. The summed E-state index contributed by atoms with van der Waals surface area (Å²) in [4.78, 5) is 18.2. The Kier molecular flexibility index (Phi) is 6.14. The van der Waals surface area contributed by atoms with Crippen LogP contribution in [0.2, 0.25) is 0 Å². The minimum atomic E-state index is -3.15. The van der Waals surface area contributed by atoms with Gasteiger partial charge in [0.25, 0.3) is 5.91 Å². The van der Waals surface area contributed by atoms with Gasteiger partial charge in [0.2, 0.25) is 0 Å². The number of aryl methyl sites for hydroxylation is 1. The van der Waals surface area contributed by atoms with E-state index in [1.54, 1.807) is 35.9 Å². The summed E-state index contributed by atoms with van der Waals surface area (Å²) in [5.74, 6) is -0.576. The van der Waals surface area contributed by atoms with Crippen LogP contribution in [0.5, 0.6) is 0 Å². The summed E-state index contributed by atoms with van der Waals surface area (Å²) >= 11 is 0. The fourth-order valence-electron chi connectivity index (χ4n) is 5.21. The molecule has 3 aromatic rings. The van der Waals surface area contributed by atoms with Gasteiger partial charge in [0.1, 0.15) is 5.82 Å². The Morgan fingerprint density at radius 2 is 1.85 bits per heavy atom. The number of sulfone groups is 1. The molecule has 1 amide bonds. The van der Waals surface area contributed by atoms with Crippen molar-refractivity contribution in [2.75, 3.05) is 11.5 Å². The summed E-state index contributed by atoms with van der Waals surface area (Å²) in [6.07, 6.45) is 6.86. The lowest BCUT2D eigenvalue weighted by molar-refractivity contribution is 0.0935. The number of halogens is 1. The Bertz CT molecular complexity index is 1340. The quantitative estimate of drug-likeness (QED) is 0.556. The fourth-order valence-corrected chi connectivity index (χ4v) is 6.90. The zero-order valence-corrected chi connectivity index (χ0v) is 20.1. The van der Waals surface area contributed by atoms with Gasteiger partial charge in [-0.05, 0) is 44.4 Å². The fraction of sp³-hybridized carbons (Fsp3) is 0.480. The van der Waals surface area contributed by atoms with Gasteiger partial charge in [-0.1, -0.05) is 37.8 Å². The van der Waals surface area contributed by atoms with Crippen molar-refractivity contribution in [3.63, 3.8) is 0 Å². The lowest BCUT2D eigenvalue weighted by Gasteiger charge is -2.17. The molecule has 1 aliphatic heterocycles. The highest BCUT2D eigenvalue weighted by Crippen LogP contribution is 2.33. The number of carbonyl (C=O) groups is 1. The molecule has 1 N–H and O–H groups in total. The van der Waals surface area contributed by atoms with Crippen molar-refractivity contribution >= 4 is 26.8 Å². The molecule has 2 aromatic heterocycles. The lowest BCUT2D eigenvalue weighted by atomic mass is 10.0. The Balaban J connectivity index is 1.64. The topological polar surface area (TPSA) is 93.9 Å². The van der Waals surface area contributed by atoms with Gasteiger partial charge >= 0.3 is 0 Å². The van der Waals surface area contributed by atoms with E-state index < -0.39 is 15.7 Å². The van der Waals surface area contributed by atoms with E-state index in [2.05, 4.69) is 10.4 Å². The standard InChI is InChI=1S/C25H29FN4O3S/c1-16-23-20(25(31)27-17-8-4-2-3-5-9-17)14-22(19-10-6-7-11-21(19)26)28-24(23)30(29-16)18-12-13-34(32,33)15-18/h6-7,10-11,14,17-18H,2-5,8-9,12-13,15H2,1H3,(H,27,31). The number of rotatable bonds is 4. The van der Waals surface area contributed by atoms with Crippen LogP contribution < -0.4 is 5.32 Å². The SMILES string of the molecule is Cc1nn(C2CCS(=O)(=O)C2)c2nc(-c3ccccc3F)cc(C(=O)NC3CCCCCC3)c12. The third-order valence-corrected chi connectivity index (χ3v) is 8.73. The first kappa shape index (κ1) is 23.0.